The van der Waals surface area contributed by atoms with Gasteiger partial charge < -0.3 is 15.5 Å². The molecule has 0 amide bonds. The van der Waals surface area contributed by atoms with Crippen LogP contribution in [0.4, 0.5) is 0 Å². The highest BCUT2D eigenvalue weighted by Gasteiger charge is 2.29. The molecule has 0 bridgehead atoms. The Kier molecular flexibility index (Phi) is 5.47. The average molecular weight is 266 g/mol. The lowest BCUT2D eigenvalue weighted by Crippen LogP contribution is -2.52. The molecule has 0 aromatic carbocycles. The maximum absolute atomic E-state index is 9.52. The van der Waals surface area contributed by atoms with Crippen molar-refractivity contribution in [3.63, 3.8) is 0 Å². The minimum Gasteiger partial charge on any atom is -0.394 e. The van der Waals surface area contributed by atoms with Crippen LogP contribution in [0.25, 0.3) is 0 Å². The fourth-order valence-electron chi connectivity index (χ4n) is 2.69. The molecule has 1 rings (SSSR count). The topological polar surface area (TPSA) is 65.4 Å². The van der Waals surface area contributed by atoms with Crippen molar-refractivity contribution in [3.8, 4) is 0 Å². The second-order valence-electron chi connectivity index (χ2n) is 5.40. The van der Waals surface area contributed by atoms with Crippen molar-refractivity contribution in [2.24, 2.45) is 0 Å². The van der Waals surface area contributed by atoms with E-state index in [9.17, 15) is 10.2 Å². The third kappa shape index (κ3) is 3.53. The maximum Gasteiger partial charge on any atom is 0.0650 e. The van der Waals surface area contributed by atoms with Gasteiger partial charge in [0.25, 0.3) is 0 Å². The van der Waals surface area contributed by atoms with Gasteiger partial charge in [-0.25, -0.2) is 0 Å². The first-order valence-corrected chi connectivity index (χ1v) is 6.83. The van der Waals surface area contributed by atoms with Gasteiger partial charge in [-0.1, -0.05) is 6.92 Å². The standard InChI is InChI=1S/C15H26N2O2/c1-6-15(8-18,9-19)17-13(5)14-10(2)7-11(3)16-12(14)4/h7,13,17-19H,6,8-9H2,1-5H3. The van der Waals surface area contributed by atoms with E-state index in [1.807, 2.05) is 27.7 Å². The monoisotopic (exact) mass is 266 g/mol. The van der Waals surface area contributed by atoms with E-state index in [1.54, 1.807) is 0 Å². The van der Waals surface area contributed by atoms with E-state index in [-0.39, 0.29) is 19.3 Å². The number of rotatable bonds is 6. The predicted octanol–water partition coefficient (Wildman–Crippen LogP) is 1.79. The first-order chi connectivity index (χ1) is 8.89. The molecule has 0 saturated heterocycles. The van der Waals surface area contributed by atoms with E-state index in [0.29, 0.717) is 6.42 Å². The molecule has 1 aromatic rings. The number of pyridine rings is 1. The van der Waals surface area contributed by atoms with E-state index in [0.717, 1.165) is 17.0 Å². The van der Waals surface area contributed by atoms with Gasteiger partial charge in [0.05, 0.1) is 18.8 Å². The minimum atomic E-state index is -0.636. The van der Waals surface area contributed by atoms with Crippen LogP contribution in [0, 0.1) is 20.8 Å². The van der Waals surface area contributed by atoms with Gasteiger partial charge in [-0.2, -0.15) is 0 Å². The summed E-state index contributed by atoms with van der Waals surface area (Å²) in [5.74, 6) is 0. The maximum atomic E-state index is 9.52. The molecule has 0 radical (unpaired) electrons. The van der Waals surface area contributed by atoms with Gasteiger partial charge in [-0.05, 0) is 51.3 Å². The number of nitrogens with one attached hydrogen (secondary N) is 1. The molecule has 0 aliphatic heterocycles. The van der Waals surface area contributed by atoms with Crippen LogP contribution >= 0.6 is 0 Å². The summed E-state index contributed by atoms with van der Waals surface area (Å²) in [7, 11) is 0. The first-order valence-electron chi connectivity index (χ1n) is 6.83. The van der Waals surface area contributed by atoms with Gasteiger partial charge in [-0.15, -0.1) is 0 Å². The summed E-state index contributed by atoms with van der Waals surface area (Å²) in [5.41, 5.74) is 3.70. The highest BCUT2D eigenvalue weighted by molar-refractivity contribution is 5.33. The Morgan fingerprint density at radius 3 is 2.26 bits per heavy atom. The Morgan fingerprint density at radius 1 is 1.26 bits per heavy atom. The molecule has 0 saturated carbocycles. The first kappa shape index (κ1) is 16.1. The summed E-state index contributed by atoms with van der Waals surface area (Å²) < 4.78 is 0. The van der Waals surface area contributed by atoms with E-state index < -0.39 is 5.54 Å². The van der Waals surface area contributed by atoms with Crippen LogP contribution in [0.3, 0.4) is 0 Å². The van der Waals surface area contributed by atoms with Crippen molar-refractivity contribution >= 4 is 0 Å². The number of aromatic nitrogens is 1. The van der Waals surface area contributed by atoms with Gasteiger partial charge in [0.1, 0.15) is 0 Å². The molecule has 0 aliphatic carbocycles. The third-order valence-electron chi connectivity index (χ3n) is 3.82. The second-order valence-corrected chi connectivity index (χ2v) is 5.40. The second kappa shape index (κ2) is 6.46. The SMILES string of the molecule is CCC(CO)(CO)NC(C)c1c(C)cc(C)nc1C. The van der Waals surface area contributed by atoms with Crippen LogP contribution in [0.15, 0.2) is 6.07 Å². The van der Waals surface area contributed by atoms with Gasteiger partial charge in [0, 0.05) is 17.4 Å². The van der Waals surface area contributed by atoms with Gasteiger partial charge in [-0.3, -0.25) is 4.98 Å². The number of nitrogens with zero attached hydrogens (tertiary/aromatic N) is 1. The van der Waals surface area contributed by atoms with Crippen LogP contribution in [0.1, 0.15) is 48.8 Å². The van der Waals surface area contributed by atoms with Crippen molar-refractivity contribution in [2.45, 2.75) is 52.6 Å². The largest absolute Gasteiger partial charge is 0.394 e. The van der Waals surface area contributed by atoms with Gasteiger partial charge >= 0.3 is 0 Å². The summed E-state index contributed by atoms with van der Waals surface area (Å²) in [6.45, 7) is 9.89. The Morgan fingerprint density at radius 2 is 1.84 bits per heavy atom. The third-order valence-corrected chi connectivity index (χ3v) is 3.82. The highest BCUT2D eigenvalue weighted by Crippen LogP contribution is 2.24. The zero-order valence-electron chi connectivity index (χ0n) is 12.6. The molecule has 1 atom stereocenters. The minimum absolute atomic E-state index is 0.0346. The molecular weight excluding hydrogens is 240 g/mol. The van der Waals surface area contributed by atoms with Gasteiger partial charge in [0.15, 0.2) is 0 Å². The summed E-state index contributed by atoms with van der Waals surface area (Å²) >= 11 is 0. The lowest BCUT2D eigenvalue weighted by Gasteiger charge is -2.34. The lowest BCUT2D eigenvalue weighted by molar-refractivity contribution is 0.0791. The fourth-order valence-corrected chi connectivity index (χ4v) is 2.69. The quantitative estimate of drug-likeness (QED) is 0.734. The van der Waals surface area contributed by atoms with Gasteiger partial charge in [0.2, 0.25) is 0 Å². The molecule has 3 N–H and O–H groups in total. The molecule has 4 nitrogen and oxygen atoms in total. The summed E-state index contributed by atoms with van der Waals surface area (Å²) in [6.07, 6.45) is 0.668. The Labute approximate surface area is 115 Å². The summed E-state index contributed by atoms with van der Waals surface area (Å²) in [6, 6.07) is 2.10. The molecule has 108 valence electrons. The molecule has 1 heterocycles. The molecule has 0 fully saturated rings. The molecule has 1 aromatic heterocycles. The van der Waals surface area contributed by atoms with E-state index >= 15 is 0 Å². The summed E-state index contributed by atoms with van der Waals surface area (Å²) in [4.78, 5) is 4.50. The molecule has 1 unspecified atom stereocenters. The van der Waals surface area contributed by atoms with E-state index in [4.69, 9.17) is 0 Å². The van der Waals surface area contributed by atoms with Crippen LogP contribution in [-0.4, -0.2) is 33.9 Å². The van der Waals surface area contributed by atoms with Crippen molar-refractivity contribution < 1.29 is 10.2 Å². The zero-order valence-corrected chi connectivity index (χ0v) is 12.6. The Bertz CT molecular complexity index is 397. The summed E-state index contributed by atoms with van der Waals surface area (Å²) in [5, 5.41) is 22.4. The number of aliphatic hydroxyl groups excluding tert-OH is 2. The molecular formula is C15H26N2O2. The normalized spacial score (nSPS) is 13.6. The van der Waals surface area contributed by atoms with Crippen LogP contribution in [0.5, 0.6) is 0 Å². The van der Waals surface area contributed by atoms with Crippen molar-refractivity contribution in [3.05, 3.63) is 28.6 Å². The Balaban J connectivity index is 3.04. The molecule has 19 heavy (non-hydrogen) atoms. The van der Waals surface area contributed by atoms with Crippen LogP contribution in [0.2, 0.25) is 0 Å². The van der Waals surface area contributed by atoms with Crippen LogP contribution in [-0.2, 0) is 0 Å². The van der Waals surface area contributed by atoms with E-state index in [1.165, 1.54) is 5.56 Å². The molecule has 0 aliphatic rings. The predicted molar refractivity (Wildman–Crippen MR) is 77.2 cm³/mol. The number of hydrogen-bond donors (Lipinski definition) is 3. The van der Waals surface area contributed by atoms with Crippen LogP contribution < -0.4 is 5.32 Å². The molecule has 0 spiro atoms. The molecule has 4 heteroatoms. The fraction of sp³-hybridized carbons (Fsp3) is 0.667. The van der Waals surface area contributed by atoms with E-state index in [2.05, 4.69) is 23.3 Å². The highest BCUT2D eigenvalue weighted by atomic mass is 16.3. The zero-order chi connectivity index (χ0) is 14.6. The number of aryl methyl sites for hydroxylation is 3. The average Bonchev–Trinajstić information content (AvgIpc) is 2.35. The smallest absolute Gasteiger partial charge is 0.0650 e. The van der Waals surface area contributed by atoms with Crippen molar-refractivity contribution in [1.29, 1.82) is 0 Å². The number of hydrogen-bond acceptors (Lipinski definition) is 4. The lowest BCUT2D eigenvalue weighted by atomic mass is 9.93. The Hall–Kier alpha value is -0.970. The van der Waals surface area contributed by atoms with Crippen molar-refractivity contribution in [1.82, 2.24) is 10.3 Å². The number of aliphatic hydroxyl groups is 2. The van der Waals surface area contributed by atoms with Crippen molar-refractivity contribution in [2.75, 3.05) is 13.2 Å².